The average Bonchev–Trinajstić information content (AvgIpc) is 2.64. The first-order valence-electron chi connectivity index (χ1n) is 5.73. The van der Waals surface area contributed by atoms with Crippen LogP contribution < -0.4 is 4.90 Å². The third-order valence-electron chi connectivity index (χ3n) is 3.08. The number of halogens is 4. The summed E-state index contributed by atoms with van der Waals surface area (Å²) in [5.74, 6) is -4.45. The van der Waals surface area contributed by atoms with Crippen LogP contribution >= 0.6 is 22.6 Å². The number of hydrogen-bond acceptors (Lipinski definition) is 2. The van der Waals surface area contributed by atoms with Gasteiger partial charge < -0.3 is 0 Å². The van der Waals surface area contributed by atoms with E-state index in [2.05, 4.69) is 0 Å². The fourth-order valence-corrected chi connectivity index (χ4v) is 2.83. The van der Waals surface area contributed by atoms with E-state index < -0.39 is 29.3 Å². The highest BCUT2D eigenvalue weighted by molar-refractivity contribution is 14.1. The number of carbonyl (C=O) groups excluding carboxylic acids is 2. The minimum Gasteiger partial charge on any atom is -0.268 e. The molecule has 0 spiro atoms. The first-order chi connectivity index (χ1) is 9.90. The van der Waals surface area contributed by atoms with E-state index in [1.807, 2.05) is 0 Å². The van der Waals surface area contributed by atoms with Crippen molar-refractivity contribution in [1.29, 1.82) is 0 Å². The summed E-state index contributed by atoms with van der Waals surface area (Å²) >= 11 is 1.77. The first-order valence-corrected chi connectivity index (χ1v) is 6.81. The molecule has 0 aliphatic carbocycles. The third kappa shape index (κ3) is 2.11. The van der Waals surface area contributed by atoms with Crippen molar-refractivity contribution < 1.29 is 22.8 Å². The molecular formula is C14H5F3INO2. The standard InChI is InChI=1S/C14H5F3INO2/c15-6-1-2-12(11(18)3-6)19-13(20)7-4-9(16)10(17)5-8(7)14(19)21/h1-5H. The lowest BCUT2D eigenvalue weighted by Crippen LogP contribution is -2.30. The molecular weight excluding hydrogens is 398 g/mol. The summed E-state index contributed by atoms with van der Waals surface area (Å²) in [5, 5.41) is 0. The number of imide groups is 1. The SMILES string of the molecule is O=C1c2cc(F)c(F)cc2C(=O)N1c1ccc(F)cc1I. The van der Waals surface area contributed by atoms with E-state index in [0.29, 0.717) is 15.7 Å². The molecule has 1 aliphatic rings. The lowest BCUT2D eigenvalue weighted by Gasteiger charge is -2.15. The van der Waals surface area contributed by atoms with Gasteiger partial charge in [0.2, 0.25) is 0 Å². The van der Waals surface area contributed by atoms with E-state index >= 15 is 0 Å². The summed E-state index contributed by atoms with van der Waals surface area (Å²) in [6, 6.07) is 4.91. The van der Waals surface area contributed by atoms with Crippen molar-refractivity contribution in [1.82, 2.24) is 0 Å². The maximum absolute atomic E-state index is 13.2. The van der Waals surface area contributed by atoms with Gasteiger partial charge in [0.25, 0.3) is 11.8 Å². The maximum Gasteiger partial charge on any atom is 0.266 e. The van der Waals surface area contributed by atoms with E-state index in [4.69, 9.17) is 0 Å². The number of carbonyl (C=O) groups is 2. The second kappa shape index (κ2) is 4.83. The second-order valence-electron chi connectivity index (χ2n) is 4.35. The Bertz CT molecular complexity index is 766. The summed E-state index contributed by atoms with van der Waals surface area (Å²) in [5.41, 5.74) is -0.248. The Morgan fingerprint density at radius 1 is 0.857 bits per heavy atom. The summed E-state index contributed by atoms with van der Waals surface area (Å²) in [4.78, 5) is 25.2. The minimum atomic E-state index is -1.20. The minimum absolute atomic E-state index is 0.170. The van der Waals surface area contributed by atoms with Crippen LogP contribution in [0, 0.1) is 21.0 Å². The molecule has 0 radical (unpaired) electrons. The van der Waals surface area contributed by atoms with Gasteiger partial charge in [-0.1, -0.05) is 0 Å². The van der Waals surface area contributed by atoms with Crippen molar-refractivity contribution >= 4 is 40.1 Å². The van der Waals surface area contributed by atoms with Crippen molar-refractivity contribution in [2.45, 2.75) is 0 Å². The lowest BCUT2D eigenvalue weighted by molar-refractivity contribution is 0.0925. The molecule has 0 bridgehead atoms. The van der Waals surface area contributed by atoms with Gasteiger partial charge in [-0.15, -0.1) is 0 Å². The number of fused-ring (bicyclic) bond motifs is 1. The summed E-state index contributed by atoms with van der Waals surface area (Å²) < 4.78 is 39.9. The van der Waals surface area contributed by atoms with E-state index in [-0.39, 0.29) is 16.8 Å². The van der Waals surface area contributed by atoms with Crippen molar-refractivity contribution in [3.8, 4) is 0 Å². The predicted molar refractivity (Wildman–Crippen MR) is 76.6 cm³/mol. The van der Waals surface area contributed by atoms with Gasteiger partial charge in [0, 0.05) is 3.57 Å². The molecule has 0 saturated carbocycles. The Hall–Kier alpha value is -1.90. The second-order valence-corrected chi connectivity index (χ2v) is 5.52. The summed E-state index contributed by atoms with van der Waals surface area (Å²) in [7, 11) is 0. The zero-order chi connectivity index (χ0) is 15.3. The zero-order valence-electron chi connectivity index (χ0n) is 10.2. The molecule has 0 fully saturated rings. The Balaban J connectivity index is 2.16. The predicted octanol–water partition coefficient (Wildman–Crippen LogP) is 3.51. The molecule has 7 heteroatoms. The van der Waals surface area contributed by atoms with Gasteiger partial charge in [-0.05, 0) is 52.9 Å². The monoisotopic (exact) mass is 403 g/mol. The Morgan fingerprint density at radius 2 is 1.38 bits per heavy atom. The van der Waals surface area contributed by atoms with Crippen LogP contribution in [0.2, 0.25) is 0 Å². The van der Waals surface area contributed by atoms with Crippen LogP contribution in [-0.4, -0.2) is 11.8 Å². The number of benzene rings is 2. The molecule has 2 amide bonds. The summed E-state index contributed by atoms with van der Waals surface area (Å²) in [6.07, 6.45) is 0. The maximum atomic E-state index is 13.2. The van der Waals surface area contributed by atoms with Crippen LogP contribution in [-0.2, 0) is 0 Å². The van der Waals surface area contributed by atoms with Crippen LogP contribution in [0.15, 0.2) is 30.3 Å². The highest BCUT2D eigenvalue weighted by Crippen LogP contribution is 2.32. The molecule has 106 valence electrons. The highest BCUT2D eigenvalue weighted by Gasteiger charge is 2.38. The van der Waals surface area contributed by atoms with Gasteiger partial charge in [-0.25, -0.2) is 18.1 Å². The number of nitrogens with zero attached hydrogens (tertiary/aromatic N) is 1. The molecule has 2 aromatic carbocycles. The summed E-state index contributed by atoms with van der Waals surface area (Å²) in [6.45, 7) is 0. The molecule has 0 N–H and O–H groups in total. The highest BCUT2D eigenvalue weighted by atomic mass is 127. The van der Waals surface area contributed by atoms with E-state index in [1.165, 1.54) is 6.07 Å². The Kier molecular flexibility index (Phi) is 3.23. The number of anilines is 1. The van der Waals surface area contributed by atoms with Gasteiger partial charge in [0.15, 0.2) is 11.6 Å². The van der Waals surface area contributed by atoms with Crippen LogP contribution in [0.3, 0.4) is 0 Å². The van der Waals surface area contributed by atoms with Gasteiger partial charge in [-0.2, -0.15) is 0 Å². The fraction of sp³-hybridized carbons (Fsp3) is 0. The topological polar surface area (TPSA) is 37.4 Å². The number of hydrogen-bond donors (Lipinski definition) is 0. The third-order valence-corrected chi connectivity index (χ3v) is 3.94. The largest absolute Gasteiger partial charge is 0.268 e. The van der Waals surface area contributed by atoms with Gasteiger partial charge in [0.1, 0.15) is 5.82 Å². The fourth-order valence-electron chi connectivity index (χ4n) is 2.12. The van der Waals surface area contributed by atoms with Crippen molar-refractivity contribution in [3.05, 3.63) is 62.5 Å². The smallest absolute Gasteiger partial charge is 0.266 e. The van der Waals surface area contributed by atoms with Gasteiger partial charge >= 0.3 is 0 Å². The quantitative estimate of drug-likeness (QED) is 0.540. The molecule has 21 heavy (non-hydrogen) atoms. The van der Waals surface area contributed by atoms with E-state index in [1.54, 1.807) is 22.6 Å². The average molecular weight is 403 g/mol. The zero-order valence-corrected chi connectivity index (χ0v) is 12.3. The molecule has 2 aromatic rings. The molecule has 1 heterocycles. The van der Waals surface area contributed by atoms with E-state index in [9.17, 15) is 22.8 Å². The molecule has 3 nitrogen and oxygen atoms in total. The van der Waals surface area contributed by atoms with Crippen LogP contribution in [0.25, 0.3) is 0 Å². The molecule has 0 atom stereocenters. The van der Waals surface area contributed by atoms with Gasteiger partial charge in [-0.3, -0.25) is 9.59 Å². The van der Waals surface area contributed by atoms with Gasteiger partial charge in [0.05, 0.1) is 16.8 Å². The molecule has 0 aromatic heterocycles. The number of rotatable bonds is 1. The van der Waals surface area contributed by atoms with E-state index in [0.717, 1.165) is 17.0 Å². The molecule has 1 aliphatic heterocycles. The van der Waals surface area contributed by atoms with Crippen LogP contribution in [0.5, 0.6) is 0 Å². The van der Waals surface area contributed by atoms with Crippen LogP contribution in [0.1, 0.15) is 20.7 Å². The Morgan fingerprint density at radius 3 is 1.86 bits per heavy atom. The lowest BCUT2D eigenvalue weighted by atomic mass is 10.1. The van der Waals surface area contributed by atoms with Crippen molar-refractivity contribution in [2.75, 3.05) is 4.90 Å². The first kappa shape index (κ1) is 14.1. The van der Waals surface area contributed by atoms with Crippen molar-refractivity contribution in [3.63, 3.8) is 0 Å². The van der Waals surface area contributed by atoms with Crippen LogP contribution in [0.4, 0.5) is 18.9 Å². The molecule has 0 saturated heterocycles. The number of amides is 2. The van der Waals surface area contributed by atoms with Crippen molar-refractivity contribution in [2.24, 2.45) is 0 Å². The Labute approximate surface area is 130 Å². The molecule has 0 unspecified atom stereocenters. The normalized spacial score (nSPS) is 13.8. The molecule has 3 rings (SSSR count).